The van der Waals surface area contributed by atoms with Gasteiger partial charge in [0.25, 0.3) is 0 Å². The van der Waals surface area contributed by atoms with Crippen LogP contribution in [0, 0.1) is 5.41 Å². The molecule has 0 radical (unpaired) electrons. The molecule has 0 amide bonds. The Hall–Kier alpha value is -2.22. The summed E-state index contributed by atoms with van der Waals surface area (Å²) >= 11 is 0. The van der Waals surface area contributed by atoms with Gasteiger partial charge in [0.05, 0.1) is 0 Å². The molecule has 2 rings (SSSR count). The minimum absolute atomic E-state index is 0.0372. The maximum Gasteiger partial charge on any atom is 0.210 e. The van der Waals surface area contributed by atoms with Crippen molar-refractivity contribution < 1.29 is 4.79 Å². The monoisotopic (exact) mass is 209 g/mol. The van der Waals surface area contributed by atoms with E-state index in [4.69, 9.17) is 5.41 Å². The molecule has 78 valence electrons. The van der Waals surface area contributed by atoms with E-state index < -0.39 is 0 Å². The average molecular weight is 209 g/mol. The van der Waals surface area contributed by atoms with Gasteiger partial charge >= 0.3 is 0 Å². The molecule has 0 aliphatic heterocycles. The molecular formula is C14H11NO. The molecule has 1 aromatic rings. The minimum Gasteiger partial charge on any atom is -0.297 e. The Bertz CT molecular complexity index is 507. The fourth-order valence-corrected chi connectivity index (χ4v) is 1.44. The van der Waals surface area contributed by atoms with Gasteiger partial charge in [0.2, 0.25) is 5.78 Å². The second-order valence-electron chi connectivity index (χ2n) is 3.47. The number of allylic oxidation sites excluding steroid dienone is 5. The van der Waals surface area contributed by atoms with E-state index in [0.29, 0.717) is 5.57 Å². The van der Waals surface area contributed by atoms with Crippen LogP contribution in [0.2, 0.25) is 0 Å². The van der Waals surface area contributed by atoms with Crippen LogP contribution in [0.3, 0.4) is 0 Å². The Morgan fingerprint density at radius 2 is 1.81 bits per heavy atom. The molecule has 16 heavy (non-hydrogen) atoms. The number of nitrogens with one attached hydrogen (secondary N) is 1. The standard InChI is InChI=1S/C14H11NO/c15-13-8-4-7-12(14(13)16)10-9-11-5-2-1-3-6-11/h1-10,15H. The average Bonchev–Trinajstić information content (AvgIpc) is 2.32. The van der Waals surface area contributed by atoms with E-state index in [9.17, 15) is 4.79 Å². The van der Waals surface area contributed by atoms with Crippen molar-refractivity contribution in [3.05, 3.63) is 65.8 Å². The molecule has 0 spiro atoms. The predicted molar refractivity (Wildman–Crippen MR) is 65.4 cm³/mol. The number of hydrogen-bond acceptors (Lipinski definition) is 2. The molecule has 0 bridgehead atoms. The molecule has 1 N–H and O–H groups in total. The molecule has 0 fully saturated rings. The maximum atomic E-state index is 11.6. The Morgan fingerprint density at radius 1 is 1.06 bits per heavy atom. The SMILES string of the molecule is N=C1C=CC=C(C=Cc2ccccc2)C1=O. The largest absolute Gasteiger partial charge is 0.297 e. The zero-order valence-electron chi connectivity index (χ0n) is 8.68. The van der Waals surface area contributed by atoms with Gasteiger partial charge in [-0.2, -0.15) is 0 Å². The first-order chi connectivity index (χ1) is 7.77. The van der Waals surface area contributed by atoms with Crippen molar-refractivity contribution in [3.63, 3.8) is 0 Å². The van der Waals surface area contributed by atoms with Crippen LogP contribution < -0.4 is 0 Å². The van der Waals surface area contributed by atoms with Crippen molar-refractivity contribution in [2.75, 3.05) is 0 Å². The van der Waals surface area contributed by atoms with Crippen LogP contribution in [-0.4, -0.2) is 11.5 Å². The molecule has 2 heteroatoms. The first-order valence-corrected chi connectivity index (χ1v) is 5.02. The number of benzene rings is 1. The highest BCUT2D eigenvalue weighted by atomic mass is 16.1. The van der Waals surface area contributed by atoms with Crippen molar-refractivity contribution in [1.29, 1.82) is 5.41 Å². The van der Waals surface area contributed by atoms with Gasteiger partial charge < -0.3 is 0 Å². The summed E-state index contributed by atoms with van der Waals surface area (Å²) in [5.74, 6) is -0.227. The van der Waals surface area contributed by atoms with Gasteiger partial charge in [0.1, 0.15) is 5.71 Å². The van der Waals surface area contributed by atoms with Crippen LogP contribution in [0.4, 0.5) is 0 Å². The van der Waals surface area contributed by atoms with Crippen molar-refractivity contribution in [3.8, 4) is 0 Å². The lowest BCUT2D eigenvalue weighted by molar-refractivity contribution is -0.109. The van der Waals surface area contributed by atoms with E-state index >= 15 is 0 Å². The third kappa shape index (κ3) is 2.23. The predicted octanol–water partition coefficient (Wildman–Crippen LogP) is 2.78. The third-order valence-corrected chi connectivity index (χ3v) is 2.30. The minimum atomic E-state index is -0.227. The lowest BCUT2D eigenvalue weighted by Crippen LogP contribution is -2.14. The Balaban J connectivity index is 2.20. The van der Waals surface area contributed by atoms with Gasteiger partial charge in [0, 0.05) is 5.57 Å². The van der Waals surface area contributed by atoms with E-state index in [2.05, 4.69) is 0 Å². The zero-order chi connectivity index (χ0) is 11.4. The normalized spacial score (nSPS) is 15.6. The summed E-state index contributed by atoms with van der Waals surface area (Å²) in [4.78, 5) is 11.6. The van der Waals surface area contributed by atoms with Crippen molar-refractivity contribution >= 4 is 17.6 Å². The van der Waals surface area contributed by atoms with E-state index in [0.717, 1.165) is 5.56 Å². The lowest BCUT2D eigenvalue weighted by atomic mass is 10.0. The highest BCUT2D eigenvalue weighted by Crippen LogP contribution is 2.10. The van der Waals surface area contributed by atoms with Crippen molar-refractivity contribution in [1.82, 2.24) is 0 Å². The highest BCUT2D eigenvalue weighted by molar-refractivity contribution is 6.50. The number of hydrogen-bond donors (Lipinski definition) is 1. The summed E-state index contributed by atoms with van der Waals surface area (Å²) in [5.41, 5.74) is 1.63. The lowest BCUT2D eigenvalue weighted by Gasteiger charge is -2.03. The highest BCUT2D eigenvalue weighted by Gasteiger charge is 2.12. The number of carbonyl (C=O) groups is 1. The topological polar surface area (TPSA) is 40.9 Å². The van der Waals surface area contributed by atoms with Crippen LogP contribution in [0.15, 0.2) is 60.2 Å². The molecule has 0 atom stereocenters. The van der Waals surface area contributed by atoms with E-state index in [1.165, 1.54) is 6.08 Å². The molecule has 0 saturated carbocycles. The van der Waals surface area contributed by atoms with E-state index in [1.807, 2.05) is 36.4 Å². The molecule has 0 saturated heterocycles. The molecular weight excluding hydrogens is 198 g/mol. The zero-order valence-corrected chi connectivity index (χ0v) is 8.68. The van der Waals surface area contributed by atoms with Crippen LogP contribution in [-0.2, 0) is 4.79 Å². The van der Waals surface area contributed by atoms with Gasteiger partial charge in [-0.1, -0.05) is 54.6 Å². The summed E-state index contributed by atoms with van der Waals surface area (Å²) in [5, 5.41) is 7.40. The van der Waals surface area contributed by atoms with Gasteiger partial charge in [-0.15, -0.1) is 0 Å². The molecule has 2 nitrogen and oxygen atoms in total. The summed E-state index contributed by atoms with van der Waals surface area (Å²) in [6.07, 6.45) is 8.56. The molecule has 0 heterocycles. The van der Waals surface area contributed by atoms with Crippen LogP contribution in [0.5, 0.6) is 0 Å². The van der Waals surface area contributed by atoms with Gasteiger partial charge in [-0.25, -0.2) is 0 Å². The fourth-order valence-electron chi connectivity index (χ4n) is 1.44. The van der Waals surface area contributed by atoms with Crippen LogP contribution in [0.1, 0.15) is 5.56 Å². The summed E-state index contributed by atoms with van der Waals surface area (Å²) in [6.45, 7) is 0. The molecule has 1 aliphatic rings. The second-order valence-corrected chi connectivity index (χ2v) is 3.47. The summed E-state index contributed by atoms with van der Waals surface area (Å²) < 4.78 is 0. The summed E-state index contributed by atoms with van der Waals surface area (Å²) in [7, 11) is 0. The van der Waals surface area contributed by atoms with E-state index in [-0.39, 0.29) is 11.5 Å². The molecule has 0 unspecified atom stereocenters. The Labute approximate surface area is 94.1 Å². The van der Waals surface area contributed by atoms with Crippen molar-refractivity contribution in [2.45, 2.75) is 0 Å². The quantitative estimate of drug-likeness (QED) is 0.747. The number of carbonyl (C=O) groups excluding carboxylic acids is 1. The molecule has 1 aromatic carbocycles. The fraction of sp³-hybridized carbons (Fsp3) is 0. The van der Waals surface area contributed by atoms with Crippen molar-refractivity contribution in [2.24, 2.45) is 0 Å². The second kappa shape index (κ2) is 4.53. The van der Waals surface area contributed by atoms with E-state index in [1.54, 1.807) is 18.2 Å². The maximum absolute atomic E-state index is 11.6. The Morgan fingerprint density at radius 3 is 2.56 bits per heavy atom. The number of Topliss-reactive ketones (excluding diaryl/α,β-unsaturated/α-hetero) is 1. The van der Waals surface area contributed by atoms with Crippen LogP contribution in [0.25, 0.3) is 6.08 Å². The van der Waals surface area contributed by atoms with Gasteiger partial charge in [0.15, 0.2) is 0 Å². The van der Waals surface area contributed by atoms with Gasteiger partial charge in [-0.3, -0.25) is 10.2 Å². The first-order valence-electron chi connectivity index (χ1n) is 5.02. The molecule has 0 aromatic heterocycles. The smallest absolute Gasteiger partial charge is 0.210 e. The Kier molecular flexibility index (Phi) is 2.92. The van der Waals surface area contributed by atoms with Gasteiger partial charge in [-0.05, 0) is 11.6 Å². The first kappa shape index (κ1) is 10.3. The summed E-state index contributed by atoms with van der Waals surface area (Å²) in [6, 6.07) is 9.76. The third-order valence-electron chi connectivity index (χ3n) is 2.30. The van der Waals surface area contributed by atoms with Crippen LogP contribution >= 0.6 is 0 Å². The molecule has 1 aliphatic carbocycles. The number of ketones is 1. The number of rotatable bonds is 2.